The summed E-state index contributed by atoms with van der Waals surface area (Å²) in [5.41, 5.74) is 7.60. The summed E-state index contributed by atoms with van der Waals surface area (Å²) in [6.45, 7) is 0. The summed E-state index contributed by atoms with van der Waals surface area (Å²) in [6.07, 6.45) is 0. The van der Waals surface area contributed by atoms with E-state index >= 15 is 0 Å². The Morgan fingerprint density at radius 1 is 0.259 bits per heavy atom. The van der Waals surface area contributed by atoms with Gasteiger partial charge in [-0.25, -0.2) is 0 Å². The molecule has 54 heavy (non-hydrogen) atoms. The van der Waals surface area contributed by atoms with Crippen molar-refractivity contribution in [3.63, 3.8) is 0 Å². The molecule has 2 aromatic heterocycles. The van der Waals surface area contributed by atoms with Gasteiger partial charge in [-0.15, -0.1) is 22.7 Å². The van der Waals surface area contributed by atoms with Crippen LogP contribution < -0.4 is 0 Å². The van der Waals surface area contributed by atoms with Gasteiger partial charge in [-0.05, 0) is 101 Å². The van der Waals surface area contributed by atoms with E-state index < -0.39 is 0 Å². The zero-order valence-electron chi connectivity index (χ0n) is 29.1. The molecule has 10 aromatic carbocycles. The second-order valence-electron chi connectivity index (χ2n) is 14.3. The van der Waals surface area contributed by atoms with Crippen molar-refractivity contribution in [2.45, 2.75) is 0 Å². The first kappa shape index (κ1) is 30.2. The fourth-order valence-corrected chi connectivity index (χ4v) is 11.5. The first-order chi connectivity index (χ1) is 26.8. The van der Waals surface area contributed by atoms with Gasteiger partial charge in [-0.2, -0.15) is 0 Å². The Morgan fingerprint density at radius 2 is 0.815 bits per heavy atom. The lowest BCUT2D eigenvalue weighted by Crippen LogP contribution is -1.92. The summed E-state index contributed by atoms with van der Waals surface area (Å²) >= 11 is 3.82. The van der Waals surface area contributed by atoms with Gasteiger partial charge in [0, 0.05) is 40.3 Å². The average Bonchev–Trinajstić information content (AvgIpc) is 3.79. The van der Waals surface area contributed by atoms with Crippen molar-refractivity contribution in [2.24, 2.45) is 0 Å². The van der Waals surface area contributed by atoms with Crippen LogP contribution in [0.4, 0.5) is 0 Å². The minimum atomic E-state index is 1.24. The minimum Gasteiger partial charge on any atom is -0.135 e. The Hall–Kier alpha value is -6.32. The highest BCUT2D eigenvalue weighted by atomic mass is 32.1. The average molecular weight is 719 g/mol. The molecule has 0 spiro atoms. The van der Waals surface area contributed by atoms with Crippen LogP contribution in [0.25, 0.3) is 117 Å². The number of fused-ring (bicyclic) bond motifs is 11. The van der Waals surface area contributed by atoms with E-state index in [-0.39, 0.29) is 0 Å². The van der Waals surface area contributed by atoms with E-state index in [9.17, 15) is 0 Å². The first-order valence-electron chi connectivity index (χ1n) is 18.5. The number of hydrogen-bond donors (Lipinski definition) is 0. The molecule has 0 amide bonds. The third-order valence-electron chi connectivity index (χ3n) is 11.4. The van der Waals surface area contributed by atoms with Crippen LogP contribution >= 0.6 is 22.7 Å². The van der Waals surface area contributed by atoms with E-state index in [1.807, 2.05) is 22.7 Å². The zero-order valence-corrected chi connectivity index (χ0v) is 30.8. The summed E-state index contributed by atoms with van der Waals surface area (Å²) in [6, 6.07) is 67.8. The second kappa shape index (κ2) is 11.6. The number of thiophene rings is 2. The predicted octanol–water partition coefficient (Wildman–Crippen LogP) is 16.0. The Balaban J connectivity index is 1.04. The van der Waals surface area contributed by atoms with Crippen molar-refractivity contribution in [1.82, 2.24) is 0 Å². The van der Waals surface area contributed by atoms with Gasteiger partial charge in [0.05, 0.1) is 0 Å². The van der Waals surface area contributed by atoms with Gasteiger partial charge in [-0.3, -0.25) is 0 Å². The van der Waals surface area contributed by atoms with E-state index in [1.54, 1.807) is 0 Å². The molecule has 0 saturated heterocycles. The minimum absolute atomic E-state index is 1.24. The van der Waals surface area contributed by atoms with Crippen LogP contribution in [0, 0.1) is 0 Å². The van der Waals surface area contributed by atoms with E-state index in [0.29, 0.717) is 0 Å². The van der Waals surface area contributed by atoms with Crippen LogP contribution in [-0.4, -0.2) is 0 Å². The number of benzene rings is 10. The second-order valence-corrected chi connectivity index (χ2v) is 16.5. The van der Waals surface area contributed by atoms with Crippen molar-refractivity contribution in [2.75, 3.05) is 0 Å². The van der Waals surface area contributed by atoms with Crippen LogP contribution in [0.3, 0.4) is 0 Å². The fourth-order valence-electron chi connectivity index (χ4n) is 9.05. The standard InChI is InChI=1S/C52H30S2/c1-2-12-31(13-3-1)50-39-17-6-8-19-41(39)51(42-20-9-7-18-40(42)50)43-27-26-34(36-14-4-5-15-37(36)43)32-22-24-35-33(28-32)23-25-44-46-29-45-38-16-10-11-21-47(38)53-48(45)30-49(46)54-52(35)44/h1-30H. The molecule has 0 aliphatic rings. The first-order valence-corrected chi connectivity index (χ1v) is 20.1. The van der Waals surface area contributed by atoms with Crippen LogP contribution in [0.1, 0.15) is 0 Å². The Kier molecular flexibility index (Phi) is 6.48. The van der Waals surface area contributed by atoms with Crippen molar-refractivity contribution in [1.29, 1.82) is 0 Å². The van der Waals surface area contributed by atoms with E-state index in [4.69, 9.17) is 0 Å². The summed E-state index contributed by atoms with van der Waals surface area (Å²) in [5.74, 6) is 0. The van der Waals surface area contributed by atoms with Crippen molar-refractivity contribution in [3.05, 3.63) is 182 Å². The normalized spacial score (nSPS) is 12.1. The topological polar surface area (TPSA) is 0 Å². The Morgan fingerprint density at radius 3 is 1.56 bits per heavy atom. The Labute approximate surface area is 319 Å². The maximum absolute atomic E-state index is 2.43. The predicted molar refractivity (Wildman–Crippen MR) is 239 cm³/mol. The van der Waals surface area contributed by atoms with Gasteiger partial charge in [0.2, 0.25) is 0 Å². The molecule has 2 heteroatoms. The van der Waals surface area contributed by atoms with Crippen LogP contribution in [0.15, 0.2) is 182 Å². The Bertz CT molecular complexity index is 3430. The lowest BCUT2D eigenvalue weighted by Gasteiger charge is -2.19. The lowest BCUT2D eigenvalue weighted by atomic mass is 9.84. The maximum atomic E-state index is 2.43. The molecule has 0 aliphatic heterocycles. The molecule has 12 aromatic rings. The molecule has 0 unspecified atom stereocenters. The van der Waals surface area contributed by atoms with Gasteiger partial charge in [0.25, 0.3) is 0 Å². The molecule has 0 aliphatic carbocycles. The van der Waals surface area contributed by atoms with E-state index in [2.05, 4.69) is 182 Å². The largest absolute Gasteiger partial charge is 0.135 e. The van der Waals surface area contributed by atoms with Crippen LogP contribution in [0.5, 0.6) is 0 Å². The zero-order chi connectivity index (χ0) is 35.3. The van der Waals surface area contributed by atoms with Crippen LogP contribution in [-0.2, 0) is 0 Å². The quantitative estimate of drug-likeness (QED) is 0.160. The van der Waals surface area contributed by atoms with E-state index in [1.165, 1.54) is 117 Å². The van der Waals surface area contributed by atoms with E-state index in [0.717, 1.165) is 0 Å². The molecule has 0 nitrogen and oxygen atoms in total. The molecule has 250 valence electrons. The van der Waals surface area contributed by atoms with Crippen molar-refractivity contribution < 1.29 is 0 Å². The summed E-state index contributed by atoms with van der Waals surface area (Å²) in [7, 11) is 0. The highest BCUT2D eigenvalue weighted by Crippen LogP contribution is 2.48. The smallest absolute Gasteiger partial charge is 0.0433 e. The van der Waals surface area contributed by atoms with Gasteiger partial charge in [0.15, 0.2) is 0 Å². The van der Waals surface area contributed by atoms with Gasteiger partial charge < -0.3 is 0 Å². The number of hydrogen-bond acceptors (Lipinski definition) is 2. The van der Waals surface area contributed by atoms with Gasteiger partial charge in [0.1, 0.15) is 0 Å². The molecular formula is C52H30S2. The summed E-state index contributed by atoms with van der Waals surface area (Å²) in [5, 5.41) is 15.7. The molecule has 12 rings (SSSR count). The monoisotopic (exact) mass is 718 g/mol. The van der Waals surface area contributed by atoms with Crippen molar-refractivity contribution in [3.8, 4) is 33.4 Å². The van der Waals surface area contributed by atoms with Crippen molar-refractivity contribution >= 4 is 106 Å². The molecule has 0 N–H and O–H groups in total. The molecule has 0 atom stereocenters. The molecular weight excluding hydrogens is 689 g/mol. The maximum Gasteiger partial charge on any atom is 0.0433 e. The molecule has 2 heterocycles. The van der Waals surface area contributed by atoms with Gasteiger partial charge >= 0.3 is 0 Å². The number of rotatable bonds is 3. The fraction of sp³-hybridized carbons (Fsp3) is 0. The molecule has 0 saturated carbocycles. The third-order valence-corrected chi connectivity index (χ3v) is 13.8. The summed E-state index contributed by atoms with van der Waals surface area (Å²) < 4.78 is 5.45. The highest BCUT2D eigenvalue weighted by Gasteiger charge is 2.19. The third kappa shape index (κ3) is 4.36. The van der Waals surface area contributed by atoms with Crippen LogP contribution in [0.2, 0.25) is 0 Å². The molecule has 0 bridgehead atoms. The molecule has 0 radical (unpaired) electrons. The molecule has 0 fully saturated rings. The lowest BCUT2D eigenvalue weighted by molar-refractivity contribution is 1.66. The van der Waals surface area contributed by atoms with Gasteiger partial charge in [-0.1, -0.05) is 158 Å². The summed E-state index contributed by atoms with van der Waals surface area (Å²) in [4.78, 5) is 0. The highest BCUT2D eigenvalue weighted by molar-refractivity contribution is 7.28. The SMILES string of the molecule is c1ccc(-c2c3ccccc3c(-c3ccc(-c4ccc5c(ccc6c7cc8c(cc7sc56)sc5ccccc58)c4)c4ccccc34)c3ccccc23)cc1.